The maximum atomic E-state index is 13.3. The number of aryl methyl sites for hydroxylation is 1. The fourth-order valence-electron chi connectivity index (χ4n) is 2.88. The number of thiophene rings is 1. The molecule has 0 saturated carbocycles. The highest BCUT2D eigenvalue weighted by Gasteiger charge is 2.09. The van der Waals surface area contributed by atoms with E-state index in [0.29, 0.717) is 17.0 Å². The molecule has 0 aliphatic carbocycles. The Morgan fingerprint density at radius 2 is 2.04 bits per heavy atom. The lowest BCUT2D eigenvalue weighted by molar-refractivity contribution is 0.628. The van der Waals surface area contributed by atoms with Crippen LogP contribution in [0.15, 0.2) is 54.4 Å². The zero-order chi connectivity index (χ0) is 19.5. The van der Waals surface area contributed by atoms with E-state index in [9.17, 15) is 4.39 Å². The Labute approximate surface area is 164 Å². The Bertz CT molecular complexity index is 1250. The van der Waals surface area contributed by atoms with Crippen LogP contribution in [-0.4, -0.2) is 24.9 Å². The number of hydrogen-bond acceptors (Lipinski definition) is 6. The quantitative estimate of drug-likeness (QED) is 0.458. The maximum absolute atomic E-state index is 13.3. The van der Waals surface area contributed by atoms with E-state index in [2.05, 4.69) is 44.0 Å². The van der Waals surface area contributed by atoms with Crippen molar-refractivity contribution in [3.8, 4) is 11.3 Å². The van der Waals surface area contributed by atoms with E-state index in [1.165, 1.54) is 18.7 Å². The first-order valence-corrected chi connectivity index (χ1v) is 9.56. The highest BCUT2D eigenvalue weighted by molar-refractivity contribution is 7.16. The first kappa shape index (κ1) is 18.0. The molecule has 0 unspecified atom stereocenters. The summed E-state index contributed by atoms with van der Waals surface area (Å²) in [6.45, 7) is 2.10. The molecule has 5 aromatic rings. The van der Waals surface area contributed by atoms with E-state index in [1.807, 2.05) is 11.4 Å². The third kappa shape index (κ3) is 3.54. The highest BCUT2D eigenvalue weighted by Crippen LogP contribution is 2.28. The number of nitrogen functional groups attached to an aromatic ring is 1. The van der Waals surface area contributed by atoms with Gasteiger partial charge in [-0.3, -0.25) is 0 Å². The summed E-state index contributed by atoms with van der Waals surface area (Å²) in [6, 6.07) is 10.9. The normalized spacial score (nSPS) is 10.8. The van der Waals surface area contributed by atoms with Gasteiger partial charge in [0.15, 0.2) is 11.5 Å². The minimum absolute atomic E-state index is 0.220. The predicted octanol–water partition coefficient (Wildman–Crippen LogP) is 4.60. The van der Waals surface area contributed by atoms with Crippen LogP contribution in [0.25, 0.3) is 32.6 Å². The number of pyridine rings is 1. The largest absolute Gasteiger partial charge is 0.382 e. The predicted molar refractivity (Wildman–Crippen MR) is 110 cm³/mol. The number of halogens is 1. The minimum atomic E-state index is -0.220. The lowest BCUT2D eigenvalue weighted by Crippen LogP contribution is -1.92. The van der Waals surface area contributed by atoms with Crippen molar-refractivity contribution in [1.29, 1.82) is 0 Å². The van der Waals surface area contributed by atoms with Crippen LogP contribution in [0.2, 0.25) is 0 Å². The lowest BCUT2D eigenvalue weighted by Gasteiger charge is -2.07. The summed E-state index contributed by atoms with van der Waals surface area (Å²) in [5.74, 6) is 0.213. The Morgan fingerprint density at radius 1 is 1.14 bits per heavy atom. The first-order valence-electron chi connectivity index (χ1n) is 8.68. The van der Waals surface area contributed by atoms with Gasteiger partial charge in [0, 0.05) is 10.9 Å². The Balaban J connectivity index is 0.000000162. The van der Waals surface area contributed by atoms with Crippen molar-refractivity contribution in [2.75, 3.05) is 5.73 Å². The van der Waals surface area contributed by atoms with Crippen LogP contribution >= 0.6 is 11.3 Å². The van der Waals surface area contributed by atoms with E-state index < -0.39 is 0 Å². The maximum Gasteiger partial charge on any atom is 0.182 e. The van der Waals surface area contributed by atoms with Gasteiger partial charge in [-0.2, -0.15) is 0 Å². The molecule has 6 nitrogen and oxygen atoms in total. The fraction of sp³-hybridized carbons (Fsp3) is 0.100. The molecule has 5 rings (SSSR count). The number of nitrogens with zero attached hydrogens (tertiary/aromatic N) is 4. The summed E-state index contributed by atoms with van der Waals surface area (Å²) in [4.78, 5) is 20.0. The van der Waals surface area contributed by atoms with Crippen molar-refractivity contribution < 1.29 is 4.39 Å². The van der Waals surface area contributed by atoms with Crippen molar-refractivity contribution in [1.82, 2.24) is 24.9 Å². The fourth-order valence-corrected chi connectivity index (χ4v) is 3.63. The van der Waals surface area contributed by atoms with Crippen molar-refractivity contribution >= 4 is 38.5 Å². The molecule has 4 heterocycles. The summed E-state index contributed by atoms with van der Waals surface area (Å²) in [5.41, 5.74) is 9.68. The molecule has 0 bridgehead atoms. The Morgan fingerprint density at radius 3 is 2.82 bits per heavy atom. The van der Waals surface area contributed by atoms with Gasteiger partial charge in [-0.05, 0) is 41.6 Å². The molecular weight excluding hydrogens is 375 g/mol. The number of anilines is 1. The average Bonchev–Trinajstić information content (AvgIpc) is 3.37. The van der Waals surface area contributed by atoms with Crippen molar-refractivity contribution in [2.24, 2.45) is 0 Å². The number of benzene rings is 1. The van der Waals surface area contributed by atoms with E-state index in [0.717, 1.165) is 33.5 Å². The lowest BCUT2D eigenvalue weighted by atomic mass is 10.0. The van der Waals surface area contributed by atoms with Crippen LogP contribution in [-0.2, 0) is 6.42 Å². The van der Waals surface area contributed by atoms with Gasteiger partial charge < -0.3 is 10.7 Å². The molecule has 3 N–H and O–H groups in total. The van der Waals surface area contributed by atoms with Crippen molar-refractivity contribution in [2.45, 2.75) is 13.3 Å². The number of aromatic nitrogens is 5. The topological polar surface area (TPSA) is 93.4 Å². The van der Waals surface area contributed by atoms with E-state index in [4.69, 9.17) is 5.73 Å². The summed E-state index contributed by atoms with van der Waals surface area (Å²) >= 11 is 1.61. The molecule has 28 heavy (non-hydrogen) atoms. The molecule has 0 saturated heterocycles. The smallest absolute Gasteiger partial charge is 0.182 e. The molecular formula is C20H17FN6S. The molecule has 0 aliphatic heterocycles. The number of nitrogens with one attached hydrogen (secondary N) is 1. The molecule has 0 radical (unpaired) electrons. The van der Waals surface area contributed by atoms with Crippen LogP contribution in [0.3, 0.4) is 0 Å². The SMILES string of the molecule is CCc1cc2ccsc2nc1-c1cccc(F)c1.Nc1ncnc2nc[nH]c12. The van der Waals surface area contributed by atoms with Gasteiger partial charge in [0.25, 0.3) is 0 Å². The third-order valence-corrected chi connectivity index (χ3v) is 5.08. The monoisotopic (exact) mass is 392 g/mol. The highest BCUT2D eigenvalue weighted by atomic mass is 32.1. The molecule has 0 amide bonds. The van der Waals surface area contributed by atoms with Crippen LogP contribution in [0, 0.1) is 5.82 Å². The number of hydrogen-bond donors (Lipinski definition) is 2. The second-order valence-electron chi connectivity index (χ2n) is 6.04. The zero-order valence-corrected chi connectivity index (χ0v) is 15.9. The second-order valence-corrected chi connectivity index (χ2v) is 6.93. The standard InChI is InChI=1S/C15H12FNS.C5H5N5/c1-2-10-8-12-6-7-18-15(12)17-14(10)11-4-3-5-13(16)9-11;6-4-3-5(9-1-7-3)10-2-8-4/h3-9H,2H2,1H3;1-2H,(H3,6,7,8,9,10). The summed E-state index contributed by atoms with van der Waals surface area (Å²) in [6.07, 6.45) is 3.82. The summed E-state index contributed by atoms with van der Waals surface area (Å²) in [7, 11) is 0. The number of nitrogens with two attached hydrogens (primary N) is 1. The Kier molecular flexibility index (Phi) is 4.94. The van der Waals surface area contributed by atoms with Gasteiger partial charge in [0.05, 0.1) is 12.0 Å². The van der Waals surface area contributed by atoms with Crippen LogP contribution < -0.4 is 5.73 Å². The number of H-pyrrole nitrogens is 1. The minimum Gasteiger partial charge on any atom is -0.382 e. The van der Waals surface area contributed by atoms with Gasteiger partial charge in [0.1, 0.15) is 22.5 Å². The number of rotatable bonds is 2. The number of aromatic amines is 1. The molecule has 4 aromatic heterocycles. The van der Waals surface area contributed by atoms with Gasteiger partial charge in [-0.1, -0.05) is 19.1 Å². The van der Waals surface area contributed by atoms with Gasteiger partial charge in [-0.15, -0.1) is 11.3 Å². The summed E-state index contributed by atoms with van der Waals surface area (Å²) < 4.78 is 13.3. The van der Waals surface area contributed by atoms with Crippen molar-refractivity contribution in [3.05, 3.63) is 65.8 Å². The van der Waals surface area contributed by atoms with Crippen LogP contribution in [0.4, 0.5) is 10.2 Å². The van der Waals surface area contributed by atoms with Gasteiger partial charge in [-0.25, -0.2) is 24.3 Å². The van der Waals surface area contributed by atoms with Gasteiger partial charge >= 0.3 is 0 Å². The second kappa shape index (κ2) is 7.69. The molecule has 1 aromatic carbocycles. The third-order valence-electron chi connectivity index (χ3n) is 4.25. The first-order chi connectivity index (χ1) is 13.7. The summed E-state index contributed by atoms with van der Waals surface area (Å²) in [5, 5.41) is 3.20. The molecule has 0 aliphatic rings. The average molecular weight is 392 g/mol. The van der Waals surface area contributed by atoms with Crippen molar-refractivity contribution in [3.63, 3.8) is 0 Å². The van der Waals surface area contributed by atoms with Crippen LogP contribution in [0.1, 0.15) is 12.5 Å². The van der Waals surface area contributed by atoms with Gasteiger partial charge in [0.2, 0.25) is 0 Å². The number of fused-ring (bicyclic) bond motifs is 2. The molecule has 0 fully saturated rings. The van der Waals surface area contributed by atoms with Crippen LogP contribution in [0.5, 0.6) is 0 Å². The molecule has 140 valence electrons. The molecule has 0 atom stereocenters. The zero-order valence-electron chi connectivity index (χ0n) is 15.1. The van der Waals surface area contributed by atoms with E-state index in [1.54, 1.807) is 23.5 Å². The Hall–Kier alpha value is -3.39. The van der Waals surface area contributed by atoms with E-state index >= 15 is 0 Å². The van der Waals surface area contributed by atoms with E-state index in [-0.39, 0.29) is 5.82 Å². The number of imidazole rings is 1. The molecule has 8 heteroatoms. The molecule has 0 spiro atoms.